The topological polar surface area (TPSA) is 41.0 Å². The first kappa shape index (κ1) is 19.7. The van der Waals surface area contributed by atoms with E-state index in [1.807, 2.05) is 41.2 Å². The van der Waals surface area contributed by atoms with Gasteiger partial charge in [-0.05, 0) is 18.4 Å². The highest BCUT2D eigenvalue weighted by Crippen LogP contribution is 2.15. The number of aromatic amines is 1. The van der Waals surface area contributed by atoms with E-state index in [1.54, 1.807) is 0 Å². The van der Waals surface area contributed by atoms with Crippen LogP contribution in [0.25, 0.3) is 11.1 Å². The molecule has 0 amide bonds. The molecule has 1 fully saturated rings. The maximum Gasteiger partial charge on any atom is 0.271 e. The Kier molecular flexibility index (Phi) is 7.82. The van der Waals surface area contributed by atoms with E-state index in [4.69, 9.17) is 0 Å². The number of rotatable bonds is 4. The van der Waals surface area contributed by atoms with Gasteiger partial charge in [0, 0.05) is 25.8 Å². The van der Waals surface area contributed by atoms with E-state index in [0.717, 1.165) is 31.7 Å². The van der Waals surface area contributed by atoms with Crippen molar-refractivity contribution in [1.82, 2.24) is 14.7 Å². The van der Waals surface area contributed by atoms with Crippen LogP contribution in [0.2, 0.25) is 0 Å². The molecule has 0 radical (unpaired) electrons. The molecule has 1 aromatic heterocycles. The summed E-state index contributed by atoms with van der Waals surface area (Å²) in [5.41, 5.74) is 1.55. The smallest absolute Gasteiger partial charge is 0.271 e. The number of alkyl halides is 1. The van der Waals surface area contributed by atoms with Gasteiger partial charge in [0.15, 0.2) is 0 Å². The second-order valence-electron chi connectivity index (χ2n) is 5.56. The van der Waals surface area contributed by atoms with Crippen LogP contribution in [0, 0.1) is 0 Å². The molecule has 0 aliphatic carbocycles. The highest BCUT2D eigenvalue weighted by molar-refractivity contribution is 5.85. The summed E-state index contributed by atoms with van der Waals surface area (Å²) in [5.74, 6) is 0. The van der Waals surface area contributed by atoms with Gasteiger partial charge in [-0.2, -0.15) is 0 Å². The van der Waals surface area contributed by atoms with Gasteiger partial charge in [0.25, 0.3) is 5.56 Å². The maximum absolute atomic E-state index is 13.1. The number of nitrogens with zero attached hydrogens (tertiary/aromatic N) is 2. The minimum absolute atomic E-state index is 0. The maximum atomic E-state index is 13.1. The Balaban J connectivity index is 0.00000132. The third kappa shape index (κ3) is 5.09. The summed E-state index contributed by atoms with van der Waals surface area (Å²) in [5, 5.41) is 2.85. The summed E-state index contributed by atoms with van der Waals surface area (Å²) in [4.78, 5) is 14.2. The van der Waals surface area contributed by atoms with Crippen LogP contribution in [0.4, 0.5) is 4.39 Å². The van der Waals surface area contributed by atoms with Crippen molar-refractivity contribution < 1.29 is 4.39 Å². The Morgan fingerprint density at radius 2 is 1.74 bits per heavy atom. The van der Waals surface area contributed by atoms with Gasteiger partial charge < -0.3 is 4.90 Å². The molecular formula is C16H22Cl2FN3O. The van der Waals surface area contributed by atoms with Crippen LogP contribution in [0.15, 0.2) is 41.3 Å². The minimum Gasteiger partial charge on any atom is -0.301 e. The van der Waals surface area contributed by atoms with Gasteiger partial charge in [-0.15, -0.1) is 24.8 Å². The van der Waals surface area contributed by atoms with Gasteiger partial charge >= 0.3 is 0 Å². The Labute approximate surface area is 147 Å². The first-order valence-corrected chi connectivity index (χ1v) is 7.43. The lowest BCUT2D eigenvalue weighted by molar-refractivity contribution is 0.146. The van der Waals surface area contributed by atoms with Crippen molar-refractivity contribution in [3.8, 4) is 11.1 Å². The van der Waals surface area contributed by atoms with E-state index in [9.17, 15) is 9.18 Å². The van der Waals surface area contributed by atoms with Crippen LogP contribution < -0.4 is 5.56 Å². The number of aromatic nitrogens is 2. The van der Waals surface area contributed by atoms with Crippen molar-refractivity contribution in [2.45, 2.75) is 25.6 Å². The van der Waals surface area contributed by atoms with Crippen molar-refractivity contribution in [2.24, 2.45) is 0 Å². The summed E-state index contributed by atoms with van der Waals surface area (Å²) >= 11 is 0. The molecular weight excluding hydrogens is 340 g/mol. The lowest BCUT2D eigenvalue weighted by Crippen LogP contribution is -2.36. The largest absolute Gasteiger partial charge is 0.301 e. The second-order valence-corrected chi connectivity index (χ2v) is 5.56. The molecule has 0 saturated carbocycles. The average molecular weight is 362 g/mol. The lowest BCUT2D eigenvalue weighted by atomic mass is 10.1. The number of H-pyrrole nitrogens is 1. The molecule has 0 unspecified atom stereocenters. The molecule has 128 valence electrons. The van der Waals surface area contributed by atoms with Gasteiger partial charge in [0.2, 0.25) is 0 Å². The number of benzene rings is 1. The normalized spacial score (nSPS) is 15.7. The van der Waals surface area contributed by atoms with E-state index < -0.39 is 6.17 Å². The summed E-state index contributed by atoms with van der Waals surface area (Å²) in [6.45, 7) is 3.17. The van der Waals surface area contributed by atoms with Gasteiger partial charge in [0.05, 0.1) is 12.1 Å². The van der Waals surface area contributed by atoms with Crippen LogP contribution in [-0.2, 0) is 6.54 Å². The molecule has 1 aliphatic rings. The predicted octanol–water partition coefficient (Wildman–Crippen LogP) is 3.12. The standard InChI is InChI=1S/C16H20FN3O.2ClH/c17-14-6-8-19(9-7-14)10-11-20-12-15(16(21)18-20)13-4-2-1-3-5-13;;/h1-5,12,14H,6-11H2,(H,18,21);2*1H. The second kappa shape index (κ2) is 9.11. The predicted molar refractivity (Wildman–Crippen MR) is 95.6 cm³/mol. The molecule has 0 bridgehead atoms. The first-order valence-electron chi connectivity index (χ1n) is 7.43. The molecule has 2 aromatic rings. The molecule has 1 aliphatic heterocycles. The van der Waals surface area contributed by atoms with E-state index >= 15 is 0 Å². The zero-order valence-corrected chi connectivity index (χ0v) is 14.4. The van der Waals surface area contributed by atoms with Gasteiger partial charge in [0.1, 0.15) is 6.17 Å². The fourth-order valence-electron chi connectivity index (χ4n) is 2.76. The summed E-state index contributed by atoms with van der Waals surface area (Å²) < 4.78 is 14.9. The SMILES string of the molecule is Cl.Cl.O=c1[nH]n(CCN2CCC(F)CC2)cc1-c1ccccc1. The molecule has 0 spiro atoms. The number of hydrogen-bond donors (Lipinski definition) is 1. The van der Waals surface area contributed by atoms with Crippen LogP contribution in [-0.4, -0.2) is 40.5 Å². The fraction of sp³-hybridized carbons (Fsp3) is 0.438. The zero-order valence-electron chi connectivity index (χ0n) is 12.8. The van der Waals surface area contributed by atoms with Crippen LogP contribution in [0.5, 0.6) is 0 Å². The van der Waals surface area contributed by atoms with Gasteiger partial charge in [-0.25, -0.2) is 4.39 Å². The molecule has 2 heterocycles. The Morgan fingerprint density at radius 1 is 1.09 bits per heavy atom. The Hall–Kier alpha value is -1.30. The van der Waals surface area contributed by atoms with Crippen molar-refractivity contribution >= 4 is 24.8 Å². The van der Waals surface area contributed by atoms with E-state index in [2.05, 4.69) is 10.00 Å². The van der Waals surface area contributed by atoms with E-state index in [1.165, 1.54) is 0 Å². The van der Waals surface area contributed by atoms with Crippen LogP contribution in [0.3, 0.4) is 0 Å². The van der Waals surface area contributed by atoms with Crippen molar-refractivity contribution in [1.29, 1.82) is 0 Å². The Morgan fingerprint density at radius 3 is 2.39 bits per heavy atom. The van der Waals surface area contributed by atoms with Crippen LogP contribution >= 0.6 is 24.8 Å². The van der Waals surface area contributed by atoms with Crippen molar-refractivity contribution in [2.75, 3.05) is 19.6 Å². The Bertz CT molecular complexity index is 636. The first-order chi connectivity index (χ1) is 10.2. The van der Waals surface area contributed by atoms with Crippen LogP contribution in [0.1, 0.15) is 12.8 Å². The van der Waals surface area contributed by atoms with Crippen molar-refractivity contribution in [3.05, 3.63) is 46.9 Å². The number of halogens is 3. The highest BCUT2D eigenvalue weighted by atomic mass is 35.5. The third-order valence-electron chi connectivity index (χ3n) is 4.03. The van der Waals surface area contributed by atoms with E-state index in [0.29, 0.717) is 18.4 Å². The molecule has 1 N–H and O–H groups in total. The van der Waals surface area contributed by atoms with E-state index in [-0.39, 0.29) is 30.4 Å². The lowest BCUT2D eigenvalue weighted by Gasteiger charge is -2.28. The number of piperidine rings is 1. The molecule has 7 heteroatoms. The quantitative estimate of drug-likeness (QED) is 0.908. The molecule has 23 heavy (non-hydrogen) atoms. The number of likely N-dealkylation sites (tertiary alicyclic amines) is 1. The number of nitrogens with one attached hydrogen (secondary N) is 1. The molecule has 4 nitrogen and oxygen atoms in total. The van der Waals surface area contributed by atoms with Gasteiger partial charge in [-0.1, -0.05) is 30.3 Å². The summed E-state index contributed by atoms with van der Waals surface area (Å²) in [6, 6.07) is 9.64. The number of hydrogen-bond acceptors (Lipinski definition) is 2. The zero-order chi connectivity index (χ0) is 14.7. The fourth-order valence-corrected chi connectivity index (χ4v) is 2.76. The third-order valence-corrected chi connectivity index (χ3v) is 4.03. The van der Waals surface area contributed by atoms with Gasteiger partial charge in [-0.3, -0.25) is 14.6 Å². The monoisotopic (exact) mass is 361 g/mol. The van der Waals surface area contributed by atoms with Crippen molar-refractivity contribution in [3.63, 3.8) is 0 Å². The minimum atomic E-state index is -0.641. The molecule has 0 atom stereocenters. The summed E-state index contributed by atoms with van der Waals surface area (Å²) in [6.07, 6.45) is 2.46. The average Bonchev–Trinajstić information content (AvgIpc) is 2.89. The molecule has 1 aromatic carbocycles. The highest BCUT2D eigenvalue weighted by Gasteiger charge is 2.18. The molecule has 1 saturated heterocycles. The summed E-state index contributed by atoms with van der Waals surface area (Å²) in [7, 11) is 0. The molecule has 3 rings (SSSR count).